The Morgan fingerprint density at radius 3 is 2.20 bits per heavy atom. The molecule has 3 nitrogen and oxygen atoms in total. The Morgan fingerprint density at radius 2 is 1.90 bits per heavy atom. The summed E-state index contributed by atoms with van der Waals surface area (Å²) in [5, 5.41) is 0. The van der Waals surface area contributed by atoms with Gasteiger partial charge in [-0.15, -0.1) is 0 Å². The van der Waals surface area contributed by atoms with Gasteiger partial charge in [0.05, 0.1) is 0 Å². The van der Waals surface area contributed by atoms with E-state index < -0.39 is 26.6 Å². The maximum Gasteiger partial charge on any atom is 0.238 e. The van der Waals surface area contributed by atoms with E-state index in [1.807, 2.05) is 0 Å². The third-order valence-electron chi connectivity index (χ3n) is 0.854. The molecule has 0 spiro atoms. The van der Waals surface area contributed by atoms with Gasteiger partial charge in [-0.3, -0.25) is 0 Å². The summed E-state index contributed by atoms with van der Waals surface area (Å²) in [6, 6.07) is 0. The molecule has 0 bridgehead atoms. The molecule has 0 N–H and O–H groups in total. The minimum atomic E-state index is -4.56. The summed E-state index contributed by atoms with van der Waals surface area (Å²) < 4.78 is 32.5. The molecule has 0 aliphatic carbocycles. The molecule has 0 saturated heterocycles. The average molecular weight is 172 g/mol. The van der Waals surface area contributed by atoms with E-state index in [9.17, 15) is 23.1 Å². The second-order valence-electron chi connectivity index (χ2n) is 1.87. The van der Waals surface area contributed by atoms with Crippen molar-refractivity contribution in [1.82, 2.24) is 0 Å². The largest absolute Gasteiger partial charge is 0.811 e. The van der Waals surface area contributed by atoms with E-state index in [1.165, 1.54) is 0 Å². The van der Waals surface area contributed by atoms with Gasteiger partial charge >= 0.3 is 0 Å². The molecule has 0 aliphatic heterocycles. The van der Waals surface area contributed by atoms with Crippen molar-refractivity contribution in [2.24, 2.45) is 0 Å². The van der Waals surface area contributed by atoms with Crippen LogP contribution in [-0.2, 0) is 4.57 Å². The zero-order valence-electron chi connectivity index (χ0n) is 5.13. The smallest absolute Gasteiger partial charge is 0.238 e. The molecule has 0 unspecified atom stereocenters. The first kappa shape index (κ1) is 10.0. The zero-order valence-corrected chi connectivity index (χ0v) is 6.02. The Morgan fingerprint density at radius 1 is 1.40 bits per heavy atom. The van der Waals surface area contributed by atoms with Crippen molar-refractivity contribution >= 4 is 7.60 Å². The summed E-state index contributed by atoms with van der Waals surface area (Å²) in [6.45, 7) is 0. The maximum atomic E-state index is 11.3. The third-order valence-corrected chi connectivity index (χ3v) is 1.72. The molecule has 0 aliphatic rings. The van der Waals surface area contributed by atoms with E-state index in [1.54, 1.807) is 0 Å². The van der Waals surface area contributed by atoms with Crippen LogP contribution in [0.5, 0.6) is 0 Å². The van der Waals surface area contributed by atoms with Crippen molar-refractivity contribution in [3.63, 3.8) is 0 Å². The first-order valence-corrected chi connectivity index (χ1v) is 4.44. The molecule has 0 fully saturated rings. The number of rotatable bonds is 4. The lowest BCUT2D eigenvalue weighted by molar-refractivity contribution is -0.313. The van der Waals surface area contributed by atoms with Crippen LogP contribution >= 0.6 is 7.60 Å². The molecule has 10 heavy (non-hydrogen) atoms. The van der Waals surface area contributed by atoms with Crippen LogP contribution in [0.15, 0.2) is 0 Å². The van der Waals surface area contributed by atoms with Crippen molar-refractivity contribution in [3.8, 4) is 0 Å². The zero-order chi connectivity index (χ0) is 8.20. The third kappa shape index (κ3) is 8.01. The van der Waals surface area contributed by atoms with Crippen molar-refractivity contribution in [1.29, 1.82) is 0 Å². The maximum absolute atomic E-state index is 11.3. The molecule has 0 aromatic rings. The summed E-state index contributed by atoms with van der Waals surface area (Å²) in [5.74, 6) is 0. The van der Waals surface area contributed by atoms with E-state index in [2.05, 4.69) is 0 Å². The van der Waals surface area contributed by atoms with Crippen LogP contribution in [0.4, 0.5) is 8.78 Å². The van der Waals surface area contributed by atoms with Crippen molar-refractivity contribution in [2.45, 2.75) is 19.3 Å². The van der Waals surface area contributed by atoms with Gasteiger partial charge in [0.1, 0.15) is 0 Å². The molecule has 0 atom stereocenters. The predicted molar refractivity (Wildman–Crippen MR) is 27.7 cm³/mol. The molecular weight excluding hydrogens is 165 g/mol. The van der Waals surface area contributed by atoms with Gasteiger partial charge in [0, 0.05) is 6.42 Å². The van der Waals surface area contributed by atoms with Gasteiger partial charge in [0.15, 0.2) is 0 Å². The normalized spacial score (nSPS) is 12.5. The van der Waals surface area contributed by atoms with Gasteiger partial charge < -0.3 is 14.4 Å². The van der Waals surface area contributed by atoms with E-state index in [4.69, 9.17) is 0 Å². The molecule has 0 amide bonds. The highest BCUT2D eigenvalue weighted by molar-refractivity contribution is 7.48. The molecule has 0 aromatic heterocycles. The van der Waals surface area contributed by atoms with Crippen molar-refractivity contribution in [2.75, 3.05) is 6.16 Å². The summed E-state index contributed by atoms with van der Waals surface area (Å²) in [7, 11) is -4.56. The molecule has 0 aromatic carbocycles. The van der Waals surface area contributed by atoms with E-state index in [0.29, 0.717) is 0 Å². The Kier molecular flexibility index (Phi) is 4.01. The van der Waals surface area contributed by atoms with Crippen LogP contribution in [0.25, 0.3) is 0 Å². The summed E-state index contributed by atoms with van der Waals surface area (Å²) >= 11 is 0. The topological polar surface area (TPSA) is 63.2 Å². The average Bonchev–Trinajstić information content (AvgIpc) is 1.59. The Labute approximate surface area is 57.2 Å². The first-order valence-electron chi connectivity index (χ1n) is 2.71. The van der Waals surface area contributed by atoms with Crippen LogP contribution in [0, 0.1) is 0 Å². The Hall–Kier alpha value is 0.01000. The highest BCUT2D eigenvalue weighted by atomic mass is 31.2. The van der Waals surface area contributed by atoms with Crippen LogP contribution in [0.2, 0.25) is 0 Å². The fourth-order valence-electron chi connectivity index (χ4n) is 0.439. The number of alkyl halides is 2. The standard InChI is InChI=1S/C4H9F2O3P/c5-4(6)2-1-3-10(7,8)9/h4H,1-3H2,(H2,7,8,9)/p-2. The molecule has 6 heteroatoms. The monoisotopic (exact) mass is 172 g/mol. The lowest BCUT2D eigenvalue weighted by atomic mass is 10.4. The van der Waals surface area contributed by atoms with Gasteiger partial charge in [-0.2, -0.15) is 0 Å². The predicted octanol–water partition coefficient (Wildman–Crippen LogP) is -0.0546. The highest BCUT2D eigenvalue weighted by Crippen LogP contribution is 2.25. The van der Waals surface area contributed by atoms with Gasteiger partial charge in [-0.1, -0.05) is 7.60 Å². The van der Waals surface area contributed by atoms with Gasteiger partial charge in [0.25, 0.3) is 0 Å². The quantitative estimate of drug-likeness (QED) is 0.558. The summed E-state index contributed by atoms with van der Waals surface area (Å²) in [5.41, 5.74) is 0. The number of halogens is 2. The lowest BCUT2D eigenvalue weighted by Crippen LogP contribution is -2.17. The highest BCUT2D eigenvalue weighted by Gasteiger charge is 2.01. The number of hydrogen-bond donors (Lipinski definition) is 0. The van der Waals surface area contributed by atoms with Crippen molar-refractivity contribution in [3.05, 3.63) is 0 Å². The number of hydrogen-bond acceptors (Lipinski definition) is 3. The van der Waals surface area contributed by atoms with Gasteiger partial charge in [-0.25, -0.2) is 8.78 Å². The minimum Gasteiger partial charge on any atom is -0.811 e. The molecule has 0 rings (SSSR count). The summed E-state index contributed by atoms with van der Waals surface area (Å²) in [6.07, 6.45) is -3.96. The first-order chi connectivity index (χ1) is 4.42. The molecular formula is C4H7F2O3P-2. The minimum absolute atomic E-state index is 0.248. The molecule has 0 saturated carbocycles. The van der Waals surface area contributed by atoms with Crippen LogP contribution in [0.1, 0.15) is 12.8 Å². The second-order valence-corrected chi connectivity index (χ2v) is 3.54. The fraction of sp³-hybridized carbons (Fsp3) is 1.00. The summed E-state index contributed by atoms with van der Waals surface area (Å²) in [4.78, 5) is 19.7. The van der Waals surface area contributed by atoms with E-state index in [-0.39, 0.29) is 6.42 Å². The van der Waals surface area contributed by atoms with Gasteiger partial charge in [0.2, 0.25) is 6.43 Å². The van der Waals surface area contributed by atoms with E-state index >= 15 is 0 Å². The Balaban J connectivity index is 3.30. The molecule has 0 radical (unpaired) electrons. The van der Waals surface area contributed by atoms with Crippen LogP contribution in [0.3, 0.4) is 0 Å². The fourth-order valence-corrected chi connectivity index (χ4v) is 1.01. The van der Waals surface area contributed by atoms with Crippen molar-refractivity contribution < 1.29 is 23.1 Å². The SMILES string of the molecule is O=P([O-])([O-])CCCC(F)F. The van der Waals surface area contributed by atoms with E-state index in [0.717, 1.165) is 0 Å². The second kappa shape index (κ2) is 4.01. The Bertz CT molecular complexity index is 132. The molecule has 0 heterocycles. The van der Waals surface area contributed by atoms with Gasteiger partial charge in [-0.05, 0) is 12.6 Å². The van der Waals surface area contributed by atoms with Crippen LogP contribution in [-0.4, -0.2) is 12.6 Å². The molecule has 62 valence electrons. The van der Waals surface area contributed by atoms with Crippen LogP contribution < -0.4 is 9.79 Å². The lowest BCUT2D eigenvalue weighted by Gasteiger charge is -2.29.